The van der Waals surface area contributed by atoms with Crippen LogP contribution in [0.15, 0.2) is 18.2 Å². The minimum atomic E-state index is 0.136. The number of likely N-dealkylation sites (tertiary alicyclic amines) is 2. The van der Waals surface area contributed by atoms with Crippen LogP contribution in [-0.2, 0) is 9.59 Å². The number of ether oxygens (including phenoxy) is 2. The monoisotopic (exact) mass is 374 g/mol. The second kappa shape index (κ2) is 9.11. The summed E-state index contributed by atoms with van der Waals surface area (Å²) in [4.78, 5) is 28.5. The van der Waals surface area contributed by atoms with Crippen molar-refractivity contribution >= 4 is 11.8 Å². The number of hydrogen-bond acceptors (Lipinski definition) is 4. The molecule has 2 amide bonds. The Kier molecular flexibility index (Phi) is 6.58. The molecule has 0 spiro atoms. The SMILES string of the molecule is COc1ccc(OC)c([C@H]2CCN(C(=O)CCN3CCCCCC3=O)C2)c1. The lowest BCUT2D eigenvalue weighted by molar-refractivity contribution is -0.133. The molecule has 0 N–H and O–H groups in total. The van der Waals surface area contributed by atoms with Crippen molar-refractivity contribution in [3.05, 3.63) is 23.8 Å². The Morgan fingerprint density at radius 1 is 1.15 bits per heavy atom. The maximum absolute atomic E-state index is 12.7. The fourth-order valence-corrected chi connectivity index (χ4v) is 4.06. The van der Waals surface area contributed by atoms with Gasteiger partial charge >= 0.3 is 0 Å². The van der Waals surface area contributed by atoms with Gasteiger partial charge < -0.3 is 19.3 Å². The first-order chi connectivity index (χ1) is 13.1. The number of rotatable bonds is 6. The molecule has 2 heterocycles. The van der Waals surface area contributed by atoms with Crippen LogP contribution in [0.25, 0.3) is 0 Å². The van der Waals surface area contributed by atoms with E-state index in [4.69, 9.17) is 9.47 Å². The number of carbonyl (C=O) groups is 2. The van der Waals surface area contributed by atoms with E-state index in [0.29, 0.717) is 25.9 Å². The van der Waals surface area contributed by atoms with Crippen LogP contribution in [-0.4, -0.2) is 62.0 Å². The maximum Gasteiger partial charge on any atom is 0.224 e. The first-order valence-corrected chi connectivity index (χ1v) is 9.90. The van der Waals surface area contributed by atoms with Crippen molar-refractivity contribution in [3.63, 3.8) is 0 Å². The highest BCUT2D eigenvalue weighted by atomic mass is 16.5. The van der Waals surface area contributed by atoms with Crippen LogP contribution in [0.4, 0.5) is 0 Å². The van der Waals surface area contributed by atoms with Gasteiger partial charge in [0.25, 0.3) is 0 Å². The van der Waals surface area contributed by atoms with E-state index < -0.39 is 0 Å². The maximum atomic E-state index is 12.7. The average Bonchev–Trinajstić information content (AvgIpc) is 3.10. The molecule has 1 aromatic carbocycles. The minimum Gasteiger partial charge on any atom is -0.497 e. The zero-order valence-corrected chi connectivity index (χ0v) is 16.4. The van der Waals surface area contributed by atoms with Gasteiger partial charge in [-0.15, -0.1) is 0 Å². The van der Waals surface area contributed by atoms with Crippen LogP contribution < -0.4 is 9.47 Å². The first kappa shape index (κ1) is 19.5. The summed E-state index contributed by atoms with van der Waals surface area (Å²) in [7, 11) is 3.32. The highest BCUT2D eigenvalue weighted by Gasteiger charge is 2.30. The highest BCUT2D eigenvalue weighted by molar-refractivity contribution is 5.79. The van der Waals surface area contributed by atoms with E-state index in [1.807, 2.05) is 28.0 Å². The van der Waals surface area contributed by atoms with Gasteiger partial charge in [0.1, 0.15) is 11.5 Å². The first-order valence-electron chi connectivity index (χ1n) is 9.90. The molecule has 6 heteroatoms. The molecule has 27 heavy (non-hydrogen) atoms. The van der Waals surface area contributed by atoms with Gasteiger partial charge in [0.15, 0.2) is 0 Å². The molecule has 0 saturated carbocycles. The average molecular weight is 374 g/mol. The van der Waals surface area contributed by atoms with Gasteiger partial charge in [-0.3, -0.25) is 9.59 Å². The fraction of sp³-hybridized carbons (Fsp3) is 0.619. The van der Waals surface area contributed by atoms with E-state index in [1.165, 1.54) is 0 Å². The van der Waals surface area contributed by atoms with Crippen LogP contribution in [0.3, 0.4) is 0 Å². The summed E-state index contributed by atoms with van der Waals surface area (Å²) in [5.74, 6) is 2.22. The van der Waals surface area contributed by atoms with Gasteiger partial charge in [0.05, 0.1) is 14.2 Å². The second-order valence-electron chi connectivity index (χ2n) is 7.37. The molecule has 2 fully saturated rings. The smallest absolute Gasteiger partial charge is 0.224 e. The number of hydrogen-bond donors (Lipinski definition) is 0. The lowest BCUT2D eigenvalue weighted by Gasteiger charge is -2.23. The number of nitrogens with zero attached hydrogens (tertiary/aromatic N) is 2. The second-order valence-corrected chi connectivity index (χ2v) is 7.37. The fourth-order valence-electron chi connectivity index (χ4n) is 4.06. The summed E-state index contributed by atoms with van der Waals surface area (Å²) in [6.45, 7) is 2.77. The van der Waals surface area contributed by atoms with Crippen molar-refractivity contribution in [3.8, 4) is 11.5 Å². The molecule has 6 nitrogen and oxygen atoms in total. The van der Waals surface area contributed by atoms with E-state index in [0.717, 1.165) is 55.8 Å². The summed E-state index contributed by atoms with van der Waals surface area (Å²) < 4.78 is 10.8. The topological polar surface area (TPSA) is 59.1 Å². The number of carbonyl (C=O) groups excluding carboxylic acids is 2. The van der Waals surface area contributed by atoms with Gasteiger partial charge in [0, 0.05) is 50.5 Å². The molecule has 0 bridgehead atoms. The molecule has 2 saturated heterocycles. The third-order valence-corrected chi connectivity index (χ3v) is 5.68. The van der Waals surface area contributed by atoms with Gasteiger partial charge in [-0.2, -0.15) is 0 Å². The van der Waals surface area contributed by atoms with Crippen LogP contribution in [0.5, 0.6) is 11.5 Å². The zero-order valence-electron chi connectivity index (χ0n) is 16.4. The molecule has 148 valence electrons. The minimum absolute atomic E-state index is 0.136. The Balaban J connectivity index is 1.57. The molecule has 0 aliphatic carbocycles. The van der Waals surface area contributed by atoms with Crippen molar-refractivity contribution in [2.45, 2.75) is 44.4 Å². The van der Waals surface area contributed by atoms with Crippen LogP contribution in [0.1, 0.15) is 50.0 Å². The third kappa shape index (κ3) is 4.73. The van der Waals surface area contributed by atoms with Crippen LogP contribution in [0, 0.1) is 0 Å². The molecule has 0 unspecified atom stereocenters. The number of amides is 2. The molecular formula is C21H30N2O4. The van der Waals surface area contributed by atoms with Crippen LogP contribution >= 0.6 is 0 Å². The van der Waals surface area contributed by atoms with Crippen molar-refractivity contribution in [1.29, 1.82) is 0 Å². The Labute approximate surface area is 161 Å². The predicted molar refractivity (Wildman–Crippen MR) is 103 cm³/mol. The lowest BCUT2D eigenvalue weighted by Crippen LogP contribution is -2.36. The Morgan fingerprint density at radius 2 is 2.00 bits per heavy atom. The van der Waals surface area contributed by atoms with Gasteiger partial charge in [-0.05, 0) is 37.5 Å². The predicted octanol–water partition coefficient (Wildman–Crippen LogP) is 2.81. The number of benzene rings is 1. The largest absolute Gasteiger partial charge is 0.497 e. The Hall–Kier alpha value is -2.24. The van der Waals surface area contributed by atoms with Gasteiger partial charge in [0.2, 0.25) is 11.8 Å². The highest BCUT2D eigenvalue weighted by Crippen LogP contribution is 2.36. The normalized spacial score (nSPS) is 20.5. The molecule has 0 aromatic heterocycles. The molecule has 1 atom stereocenters. The number of methoxy groups -OCH3 is 2. The molecule has 2 aliphatic rings. The zero-order chi connectivity index (χ0) is 19.2. The van der Waals surface area contributed by atoms with Crippen molar-refractivity contribution < 1.29 is 19.1 Å². The summed E-state index contributed by atoms with van der Waals surface area (Å²) >= 11 is 0. The summed E-state index contributed by atoms with van der Waals surface area (Å²) in [5.41, 5.74) is 1.09. The Bertz CT molecular complexity index is 676. The Morgan fingerprint density at radius 3 is 2.78 bits per heavy atom. The standard InChI is InChI=1S/C21H30N2O4/c1-26-17-7-8-19(27-2)18(14-17)16-9-12-23(15-16)21(25)10-13-22-11-5-3-4-6-20(22)24/h7-8,14,16H,3-6,9-13,15H2,1-2H3/t16-/m0/s1. The van der Waals surface area contributed by atoms with E-state index >= 15 is 0 Å². The summed E-state index contributed by atoms with van der Waals surface area (Å²) in [5, 5.41) is 0. The van der Waals surface area contributed by atoms with Crippen molar-refractivity contribution in [2.75, 3.05) is 40.4 Å². The molecule has 3 rings (SSSR count). The van der Waals surface area contributed by atoms with E-state index in [2.05, 4.69) is 0 Å². The third-order valence-electron chi connectivity index (χ3n) is 5.68. The van der Waals surface area contributed by atoms with Gasteiger partial charge in [-0.25, -0.2) is 0 Å². The van der Waals surface area contributed by atoms with Gasteiger partial charge in [-0.1, -0.05) is 6.42 Å². The molecule has 2 aliphatic heterocycles. The quantitative estimate of drug-likeness (QED) is 0.768. The van der Waals surface area contributed by atoms with Crippen LogP contribution in [0.2, 0.25) is 0 Å². The molecule has 0 radical (unpaired) electrons. The lowest BCUT2D eigenvalue weighted by atomic mass is 9.97. The van der Waals surface area contributed by atoms with E-state index in [-0.39, 0.29) is 17.7 Å². The van der Waals surface area contributed by atoms with Crippen molar-refractivity contribution in [2.24, 2.45) is 0 Å². The van der Waals surface area contributed by atoms with Crippen molar-refractivity contribution in [1.82, 2.24) is 9.80 Å². The summed E-state index contributed by atoms with van der Waals surface area (Å²) in [6, 6.07) is 5.81. The van der Waals surface area contributed by atoms with E-state index in [1.54, 1.807) is 14.2 Å². The molecular weight excluding hydrogens is 344 g/mol. The summed E-state index contributed by atoms with van der Waals surface area (Å²) in [6.07, 6.45) is 5.06. The molecule has 1 aromatic rings. The van der Waals surface area contributed by atoms with E-state index in [9.17, 15) is 9.59 Å².